The summed E-state index contributed by atoms with van der Waals surface area (Å²) in [6.45, 7) is 6.19. The molecule has 1 aromatic heterocycles. The molecule has 1 atom stereocenters. The second kappa shape index (κ2) is 8.82. The molecule has 0 aliphatic heterocycles. The SMILES string of the molecule is COc1c(CNC(=O)c2ccc(C(C)Oc3ccccc3)cc2C)c(C)nn1C. The minimum Gasteiger partial charge on any atom is -0.486 e. The van der Waals surface area contributed by atoms with E-state index in [0.717, 1.165) is 28.1 Å². The average molecular weight is 393 g/mol. The van der Waals surface area contributed by atoms with Crippen molar-refractivity contribution in [2.24, 2.45) is 7.05 Å². The summed E-state index contributed by atoms with van der Waals surface area (Å²) in [6.07, 6.45) is -0.115. The highest BCUT2D eigenvalue weighted by atomic mass is 16.5. The third kappa shape index (κ3) is 4.59. The van der Waals surface area contributed by atoms with Gasteiger partial charge in [-0.3, -0.25) is 4.79 Å². The summed E-state index contributed by atoms with van der Waals surface area (Å²) in [5.41, 5.74) is 4.28. The molecule has 1 unspecified atom stereocenters. The van der Waals surface area contributed by atoms with E-state index in [1.54, 1.807) is 11.8 Å². The van der Waals surface area contributed by atoms with E-state index in [-0.39, 0.29) is 12.0 Å². The Kier molecular flexibility index (Phi) is 6.22. The zero-order chi connectivity index (χ0) is 21.0. The lowest BCUT2D eigenvalue weighted by Gasteiger charge is -2.17. The molecule has 29 heavy (non-hydrogen) atoms. The smallest absolute Gasteiger partial charge is 0.251 e. The highest BCUT2D eigenvalue weighted by Crippen LogP contribution is 2.24. The number of aryl methyl sites for hydroxylation is 3. The number of methoxy groups -OCH3 is 1. The summed E-state index contributed by atoms with van der Waals surface area (Å²) < 4.78 is 13.0. The second-order valence-corrected chi connectivity index (χ2v) is 7.03. The molecule has 3 rings (SSSR count). The monoisotopic (exact) mass is 393 g/mol. The number of hydrogen-bond acceptors (Lipinski definition) is 4. The first-order valence-electron chi connectivity index (χ1n) is 9.57. The highest BCUT2D eigenvalue weighted by molar-refractivity contribution is 5.95. The fraction of sp³-hybridized carbons (Fsp3) is 0.304. The van der Waals surface area contributed by atoms with Crippen molar-refractivity contribution in [1.29, 1.82) is 0 Å². The number of nitrogens with zero attached hydrogens (tertiary/aromatic N) is 2. The first kappa shape index (κ1) is 20.5. The van der Waals surface area contributed by atoms with E-state index in [1.165, 1.54) is 0 Å². The van der Waals surface area contributed by atoms with Crippen molar-refractivity contribution in [3.05, 3.63) is 76.5 Å². The number of aromatic nitrogens is 2. The van der Waals surface area contributed by atoms with Gasteiger partial charge in [0.2, 0.25) is 5.88 Å². The van der Waals surface area contributed by atoms with Crippen LogP contribution in [0.5, 0.6) is 11.6 Å². The summed E-state index contributed by atoms with van der Waals surface area (Å²) in [4.78, 5) is 12.7. The maximum Gasteiger partial charge on any atom is 0.251 e. The van der Waals surface area contributed by atoms with Crippen molar-refractivity contribution >= 4 is 5.91 Å². The number of hydrogen-bond donors (Lipinski definition) is 1. The molecule has 6 heteroatoms. The van der Waals surface area contributed by atoms with Crippen LogP contribution >= 0.6 is 0 Å². The molecule has 0 aliphatic rings. The molecular formula is C23H27N3O3. The van der Waals surface area contributed by atoms with Gasteiger partial charge in [0.15, 0.2) is 0 Å². The number of amides is 1. The predicted molar refractivity (Wildman–Crippen MR) is 112 cm³/mol. The fourth-order valence-electron chi connectivity index (χ4n) is 3.37. The van der Waals surface area contributed by atoms with Gasteiger partial charge in [0.05, 0.1) is 24.9 Å². The molecule has 1 heterocycles. The Morgan fingerprint density at radius 3 is 2.55 bits per heavy atom. The van der Waals surface area contributed by atoms with E-state index in [0.29, 0.717) is 18.0 Å². The van der Waals surface area contributed by atoms with Gasteiger partial charge in [-0.2, -0.15) is 5.10 Å². The van der Waals surface area contributed by atoms with Crippen LogP contribution in [0.2, 0.25) is 0 Å². The van der Waals surface area contributed by atoms with Crippen LogP contribution in [0, 0.1) is 13.8 Å². The maximum atomic E-state index is 12.7. The Bertz CT molecular complexity index is 996. The van der Waals surface area contributed by atoms with Crippen molar-refractivity contribution in [2.45, 2.75) is 33.4 Å². The topological polar surface area (TPSA) is 65.4 Å². The van der Waals surface area contributed by atoms with Gasteiger partial charge in [0, 0.05) is 12.6 Å². The normalized spacial score (nSPS) is 11.8. The number of rotatable bonds is 7. The van der Waals surface area contributed by atoms with Gasteiger partial charge in [-0.25, -0.2) is 4.68 Å². The van der Waals surface area contributed by atoms with Crippen LogP contribution in [0.25, 0.3) is 0 Å². The van der Waals surface area contributed by atoms with Crippen molar-refractivity contribution in [3.63, 3.8) is 0 Å². The van der Waals surface area contributed by atoms with Crippen molar-refractivity contribution in [2.75, 3.05) is 7.11 Å². The molecule has 0 bridgehead atoms. The number of para-hydroxylation sites is 1. The van der Waals surface area contributed by atoms with Crippen molar-refractivity contribution in [3.8, 4) is 11.6 Å². The molecule has 2 aromatic carbocycles. The van der Waals surface area contributed by atoms with E-state index < -0.39 is 0 Å². The number of benzene rings is 2. The standard InChI is InChI=1S/C23H27N3O3/c1-15-13-18(17(3)29-19-9-7-6-8-10-19)11-12-20(15)22(27)24-14-21-16(2)25-26(4)23(21)28-5/h6-13,17H,14H2,1-5H3,(H,24,27). The molecule has 152 valence electrons. The first-order valence-corrected chi connectivity index (χ1v) is 9.57. The lowest BCUT2D eigenvalue weighted by atomic mass is 10.0. The van der Waals surface area contributed by atoms with Crippen molar-refractivity contribution < 1.29 is 14.3 Å². The number of carbonyl (C=O) groups excluding carboxylic acids is 1. The zero-order valence-electron chi connectivity index (χ0n) is 17.5. The van der Waals surface area contributed by atoms with Gasteiger partial charge >= 0.3 is 0 Å². The minimum atomic E-state index is -0.129. The summed E-state index contributed by atoms with van der Waals surface area (Å²) >= 11 is 0. The van der Waals surface area contributed by atoms with Crippen LogP contribution in [-0.2, 0) is 13.6 Å². The molecule has 0 saturated carbocycles. The van der Waals surface area contributed by atoms with E-state index in [1.807, 2.05) is 76.3 Å². The lowest BCUT2D eigenvalue weighted by Crippen LogP contribution is -2.24. The van der Waals surface area contributed by atoms with Crippen molar-refractivity contribution in [1.82, 2.24) is 15.1 Å². The summed E-state index contributed by atoms with van der Waals surface area (Å²) in [7, 11) is 3.42. The van der Waals surface area contributed by atoms with E-state index >= 15 is 0 Å². The summed E-state index contributed by atoms with van der Waals surface area (Å²) in [5, 5.41) is 7.31. The van der Waals surface area contributed by atoms with Gasteiger partial charge in [0.1, 0.15) is 11.9 Å². The fourth-order valence-corrected chi connectivity index (χ4v) is 3.37. The lowest BCUT2D eigenvalue weighted by molar-refractivity contribution is 0.0950. The van der Waals surface area contributed by atoms with Crippen LogP contribution in [0.3, 0.4) is 0 Å². The third-order valence-corrected chi connectivity index (χ3v) is 4.93. The average Bonchev–Trinajstić information content (AvgIpc) is 2.98. The quantitative estimate of drug-likeness (QED) is 0.656. The highest BCUT2D eigenvalue weighted by Gasteiger charge is 2.17. The molecule has 6 nitrogen and oxygen atoms in total. The van der Waals surface area contributed by atoms with Gasteiger partial charge in [-0.15, -0.1) is 0 Å². The number of ether oxygens (including phenoxy) is 2. The Morgan fingerprint density at radius 1 is 1.17 bits per heavy atom. The molecular weight excluding hydrogens is 366 g/mol. The first-order chi connectivity index (χ1) is 13.9. The Labute approximate surface area is 171 Å². The molecule has 0 fully saturated rings. The number of carbonyl (C=O) groups is 1. The molecule has 0 aliphatic carbocycles. The third-order valence-electron chi connectivity index (χ3n) is 4.93. The van der Waals surface area contributed by atoms with Crippen LogP contribution in [0.15, 0.2) is 48.5 Å². The largest absolute Gasteiger partial charge is 0.486 e. The summed E-state index contributed by atoms with van der Waals surface area (Å²) in [6, 6.07) is 15.5. The molecule has 3 aromatic rings. The Morgan fingerprint density at radius 2 is 1.90 bits per heavy atom. The second-order valence-electron chi connectivity index (χ2n) is 7.03. The maximum absolute atomic E-state index is 12.7. The van der Waals surface area contributed by atoms with Gasteiger partial charge in [0.25, 0.3) is 5.91 Å². The molecule has 1 amide bonds. The molecule has 1 N–H and O–H groups in total. The molecule has 0 saturated heterocycles. The van der Waals surface area contributed by atoms with Gasteiger partial charge < -0.3 is 14.8 Å². The minimum absolute atomic E-state index is 0.115. The zero-order valence-corrected chi connectivity index (χ0v) is 17.5. The predicted octanol–water partition coefficient (Wildman–Crippen LogP) is 4.12. The summed E-state index contributed by atoms with van der Waals surface area (Å²) in [5.74, 6) is 1.35. The van der Waals surface area contributed by atoms with E-state index in [4.69, 9.17) is 9.47 Å². The van der Waals surface area contributed by atoms with Gasteiger partial charge in [-0.05, 0) is 50.1 Å². The van der Waals surface area contributed by atoms with Crippen LogP contribution in [-0.4, -0.2) is 22.8 Å². The number of nitrogens with one attached hydrogen (secondary N) is 1. The Balaban J connectivity index is 1.69. The van der Waals surface area contributed by atoms with Gasteiger partial charge in [-0.1, -0.05) is 30.3 Å². The Hall–Kier alpha value is -3.28. The van der Waals surface area contributed by atoms with Crippen LogP contribution in [0.4, 0.5) is 0 Å². The van der Waals surface area contributed by atoms with Crippen LogP contribution in [0.1, 0.15) is 45.8 Å². The molecule has 0 spiro atoms. The van der Waals surface area contributed by atoms with Crippen LogP contribution < -0.4 is 14.8 Å². The van der Waals surface area contributed by atoms with E-state index in [9.17, 15) is 4.79 Å². The molecule has 0 radical (unpaired) electrons. The van der Waals surface area contributed by atoms with E-state index in [2.05, 4.69) is 10.4 Å².